The number of ether oxygens (including phenoxy) is 3. The summed E-state index contributed by atoms with van der Waals surface area (Å²) < 4.78 is 48.4. The van der Waals surface area contributed by atoms with Crippen molar-refractivity contribution in [1.29, 1.82) is 0 Å². The molecule has 0 aliphatic heterocycles. The molecular weight excluding hydrogens is 659 g/mol. The van der Waals surface area contributed by atoms with Crippen LogP contribution in [0.15, 0.2) is 64.6 Å². The van der Waals surface area contributed by atoms with Crippen LogP contribution in [0.2, 0.25) is 5.02 Å². The van der Waals surface area contributed by atoms with Crippen molar-refractivity contribution in [3.63, 3.8) is 0 Å². The molecule has 0 aliphatic rings. The van der Waals surface area contributed by atoms with Crippen LogP contribution in [0.5, 0.6) is 23.0 Å². The second-order valence-corrected chi connectivity index (χ2v) is 11.0. The van der Waals surface area contributed by atoms with Gasteiger partial charge in [-0.25, -0.2) is 5.43 Å². The Hall–Kier alpha value is -3.03. The quantitative estimate of drug-likeness (QED) is 0.101. The number of hydrazone groups is 1. The van der Waals surface area contributed by atoms with E-state index in [0.29, 0.717) is 44.4 Å². The average Bonchev–Trinajstić information content (AvgIpc) is 2.90. The molecule has 0 aromatic heterocycles. The number of carbonyl (C=O) groups is 1. The van der Waals surface area contributed by atoms with Crippen molar-refractivity contribution in [1.82, 2.24) is 5.43 Å². The standard InChI is InChI=1S/C27H28ClIN2O7S/c1-4-13-37-23-12-7-19(16-24(23)35-5-2)27(32)31-30-17-18-14-22(29)26(25(15-18)36-6-3)38-39(33,34)21-10-8-20(28)9-11-21/h7-12,14-17H,4-6,13H2,1-3H3,(H,31,32)/b30-17+. The summed E-state index contributed by atoms with van der Waals surface area (Å²) in [6.45, 7) is 6.85. The monoisotopic (exact) mass is 686 g/mol. The van der Waals surface area contributed by atoms with Gasteiger partial charge in [-0.1, -0.05) is 18.5 Å². The van der Waals surface area contributed by atoms with Crippen molar-refractivity contribution in [3.05, 3.63) is 74.3 Å². The number of halogens is 2. The molecule has 9 nitrogen and oxygen atoms in total. The number of hydrogen-bond acceptors (Lipinski definition) is 8. The fourth-order valence-corrected chi connectivity index (χ4v) is 5.21. The molecule has 3 aromatic carbocycles. The molecule has 0 heterocycles. The maximum atomic E-state index is 12.8. The summed E-state index contributed by atoms with van der Waals surface area (Å²) >= 11 is 7.81. The van der Waals surface area contributed by atoms with Gasteiger partial charge in [-0.15, -0.1) is 0 Å². The molecule has 12 heteroatoms. The van der Waals surface area contributed by atoms with Gasteiger partial charge in [0.1, 0.15) is 4.90 Å². The first-order chi connectivity index (χ1) is 18.7. The number of nitrogens with one attached hydrogen (secondary N) is 1. The van der Waals surface area contributed by atoms with Gasteiger partial charge in [-0.2, -0.15) is 13.5 Å². The molecule has 0 fully saturated rings. The van der Waals surface area contributed by atoms with E-state index in [4.69, 9.17) is 30.0 Å². The predicted molar refractivity (Wildman–Crippen MR) is 158 cm³/mol. The summed E-state index contributed by atoms with van der Waals surface area (Å²) in [5, 5.41) is 4.45. The second-order valence-electron chi connectivity index (χ2n) is 7.90. The lowest BCUT2D eigenvalue weighted by Crippen LogP contribution is -2.18. The lowest BCUT2D eigenvalue weighted by Gasteiger charge is -2.14. The first-order valence-electron chi connectivity index (χ1n) is 12.1. The number of hydrogen-bond donors (Lipinski definition) is 1. The molecule has 0 atom stereocenters. The highest BCUT2D eigenvalue weighted by Crippen LogP contribution is 2.36. The summed E-state index contributed by atoms with van der Waals surface area (Å²) in [5.74, 6) is 0.851. The molecule has 208 valence electrons. The minimum Gasteiger partial charge on any atom is -0.490 e. The third kappa shape index (κ3) is 8.48. The Bertz CT molecular complexity index is 1430. The van der Waals surface area contributed by atoms with Crippen molar-refractivity contribution < 1.29 is 31.6 Å². The third-order valence-corrected chi connectivity index (χ3v) is 7.26. The van der Waals surface area contributed by atoms with Crippen LogP contribution in [-0.4, -0.2) is 40.4 Å². The molecule has 0 saturated carbocycles. The van der Waals surface area contributed by atoms with E-state index in [1.54, 1.807) is 37.3 Å². The van der Waals surface area contributed by atoms with E-state index in [1.165, 1.54) is 30.5 Å². The molecule has 0 bridgehead atoms. The molecule has 0 radical (unpaired) electrons. The molecule has 1 N–H and O–H groups in total. The Morgan fingerprint density at radius 1 is 0.949 bits per heavy atom. The van der Waals surface area contributed by atoms with Gasteiger partial charge in [0.25, 0.3) is 5.91 Å². The van der Waals surface area contributed by atoms with E-state index in [9.17, 15) is 13.2 Å². The smallest absolute Gasteiger partial charge is 0.339 e. The maximum absolute atomic E-state index is 12.8. The normalized spacial score (nSPS) is 11.3. The Morgan fingerprint density at radius 3 is 2.31 bits per heavy atom. The summed E-state index contributed by atoms with van der Waals surface area (Å²) in [7, 11) is -4.13. The van der Waals surface area contributed by atoms with Crippen molar-refractivity contribution >= 4 is 56.4 Å². The summed E-state index contributed by atoms with van der Waals surface area (Å²) in [4.78, 5) is 12.6. The third-order valence-electron chi connectivity index (χ3n) is 4.97. The van der Waals surface area contributed by atoms with Crippen molar-refractivity contribution in [2.75, 3.05) is 19.8 Å². The first-order valence-corrected chi connectivity index (χ1v) is 14.9. The maximum Gasteiger partial charge on any atom is 0.339 e. The summed E-state index contributed by atoms with van der Waals surface area (Å²) in [5.41, 5.74) is 3.38. The Labute approximate surface area is 246 Å². The highest BCUT2D eigenvalue weighted by molar-refractivity contribution is 14.1. The molecule has 39 heavy (non-hydrogen) atoms. The lowest BCUT2D eigenvalue weighted by atomic mass is 10.2. The molecule has 0 saturated heterocycles. The minimum atomic E-state index is -4.13. The van der Waals surface area contributed by atoms with Crippen LogP contribution >= 0.6 is 34.2 Å². The highest BCUT2D eigenvalue weighted by atomic mass is 127. The molecule has 3 rings (SSSR count). The van der Waals surface area contributed by atoms with E-state index in [1.807, 2.05) is 36.4 Å². The Kier molecular flexibility index (Phi) is 11.3. The van der Waals surface area contributed by atoms with Crippen molar-refractivity contribution in [2.24, 2.45) is 5.10 Å². The Morgan fingerprint density at radius 2 is 1.64 bits per heavy atom. The van der Waals surface area contributed by atoms with Crippen LogP contribution in [0.25, 0.3) is 0 Å². The molecular formula is C27H28ClIN2O7S. The van der Waals surface area contributed by atoms with Gasteiger partial charge in [-0.05, 0) is 103 Å². The fourth-order valence-electron chi connectivity index (χ4n) is 3.24. The van der Waals surface area contributed by atoms with Crippen LogP contribution in [0, 0.1) is 3.57 Å². The number of amides is 1. The molecule has 0 spiro atoms. The number of rotatable bonds is 13. The van der Waals surface area contributed by atoms with E-state index < -0.39 is 16.0 Å². The first kappa shape index (κ1) is 30.5. The largest absolute Gasteiger partial charge is 0.490 e. The van der Waals surface area contributed by atoms with Gasteiger partial charge >= 0.3 is 10.1 Å². The zero-order valence-corrected chi connectivity index (χ0v) is 25.3. The van der Waals surface area contributed by atoms with E-state index in [2.05, 4.69) is 10.5 Å². The minimum absolute atomic E-state index is 0.0439. The number of nitrogens with zero attached hydrogens (tertiary/aromatic N) is 1. The number of carbonyl (C=O) groups excluding carboxylic acids is 1. The second kappa shape index (κ2) is 14.4. The van der Waals surface area contributed by atoms with Crippen molar-refractivity contribution in [2.45, 2.75) is 32.1 Å². The summed E-state index contributed by atoms with van der Waals surface area (Å²) in [6, 6.07) is 13.8. The SMILES string of the molecule is CCCOc1ccc(C(=O)N/N=C/c2cc(I)c(OS(=O)(=O)c3ccc(Cl)cc3)c(OCC)c2)cc1OCC. The molecule has 0 unspecified atom stereocenters. The van der Waals surface area contributed by atoms with E-state index in [0.717, 1.165) is 6.42 Å². The van der Waals surface area contributed by atoms with Gasteiger partial charge < -0.3 is 18.4 Å². The van der Waals surface area contributed by atoms with Crippen LogP contribution in [-0.2, 0) is 10.1 Å². The van der Waals surface area contributed by atoms with Crippen LogP contribution < -0.4 is 23.8 Å². The Balaban J connectivity index is 1.78. The highest BCUT2D eigenvalue weighted by Gasteiger charge is 2.22. The van der Waals surface area contributed by atoms with Crippen LogP contribution in [0.1, 0.15) is 43.1 Å². The van der Waals surface area contributed by atoms with Crippen LogP contribution in [0.4, 0.5) is 0 Å². The molecule has 1 amide bonds. The van der Waals surface area contributed by atoms with Crippen LogP contribution in [0.3, 0.4) is 0 Å². The predicted octanol–water partition coefficient (Wildman–Crippen LogP) is 6.06. The van der Waals surface area contributed by atoms with Crippen molar-refractivity contribution in [3.8, 4) is 23.0 Å². The number of benzene rings is 3. The van der Waals surface area contributed by atoms with Gasteiger partial charge in [0.2, 0.25) is 0 Å². The van der Waals surface area contributed by atoms with E-state index in [-0.39, 0.29) is 23.0 Å². The average molecular weight is 687 g/mol. The van der Waals surface area contributed by atoms with E-state index >= 15 is 0 Å². The topological polar surface area (TPSA) is 113 Å². The zero-order valence-electron chi connectivity index (χ0n) is 21.6. The van der Waals surface area contributed by atoms with Gasteiger partial charge in [0.15, 0.2) is 23.0 Å². The fraction of sp³-hybridized carbons (Fsp3) is 0.259. The zero-order chi connectivity index (χ0) is 28.4. The molecule has 3 aromatic rings. The summed E-state index contributed by atoms with van der Waals surface area (Å²) in [6.07, 6.45) is 2.26. The van der Waals surface area contributed by atoms with Gasteiger partial charge in [0.05, 0.1) is 29.6 Å². The van der Waals surface area contributed by atoms with Gasteiger partial charge in [0, 0.05) is 10.6 Å². The van der Waals surface area contributed by atoms with Gasteiger partial charge in [-0.3, -0.25) is 4.79 Å². The lowest BCUT2D eigenvalue weighted by molar-refractivity contribution is 0.0954. The molecule has 0 aliphatic carbocycles.